The monoisotopic (exact) mass is 286 g/mol. The third kappa shape index (κ3) is 7.96. The summed E-state index contributed by atoms with van der Waals surface area (Å²) in [4.78, 5) is 24.5. The van der Waals surface area contributed by atoms with Gasteiger partial charge in [0.2, 0.25) is 5.91 Å². The van der Waals surface area contributed by atoms with E-state index in [1.165, 1.54) is 0 Å². The summed E-state index contributed by atoms with van der Waals surface area (Å²) in [5, 5.41) is 5.60. The lowest BCUT2D eigenvalue weighted by Crippen LogP contribution is -2.44. The topological polar surface area (TPSA) is 96.7 Å². The summed E-state index contributed by atoms with van der Waals surface area (Å²) in [6.07, 6.45) is 1.11. The van der Waals surface area contributed by atoms with Gasteiger partial charge in [-0.1, -0.05) is 6.92 Å². The number of rotatable bonds is 8. The summed E-state index contributed by atoms with van der Waals surface area (Å²) in [6.45, 7) is 7.36. The molecule has 116 valence electrons. The zero-order valence-corrected chi connectivity index (χ0v) is 12.2. The Morgan fingerprint density at radius 3 is 2.55 bits per heavy atom. The van der Waals surface area contributed by atoms with Gasteiger partial charge in [-0.3, -0.25) is 9.69 Å². The van der Waals surface area contributed by atoms with Crippen LogP contribution < -0.4 is 16.4 Å². The first-order valence-corrected chi connectivity index (χ1v) is 7.18. The van der Waals surface area contributed by atoms with E-state index in [2.05, 4.69) is 15.5 Å². The van der Waals surface area contributed by atoms with Crippen molar-refractivity contribution in [2.45, 2.75) is 19.8 Å². The van der Waals surface area contributed by atoms with Gasteiger partial charge in [-0.05, 0) is 12.3 Å². The number of primary amides is 1. The first kappa shape index (κ1) is 16.7. The molecule has 0 aromatic rings. The second kappa shape index (κ2) is 9.55. The van der Waals surface area contributed by atoms with Crippen molar-refractivity contribution in [2.24, 2.45) is 11.7 Å². The molecule has 3 amide bonds. The maximum absolute atomic E-state index is 11.5. The molecule has 0 aliphatic carbocycles. The van der Waals surface area contributed by atoms with E-state index in [0.717, 1.165) is 39.3 Å². The van der Waals surface area contributed by atoms with Crippen LogP contribution in [0.1, 0.15) is 19.8 Å². The average molecular weight is 286 g/mol. The number of hydrogen-bond donors (Lipinski definition) is 3. The standard InChI is InChI=1S/C13H26N4O3/c1-11(10-12(14)18)2-3-15-13(19)16-4-5-17-6-8-20-9-7-17/h11H,2-10H2,1H3,(H2,14,18)(H2,15,16,19)/t11-/m0/s1. The van der Waals surface area contributed by atoms with E-state index in [9.17, 15) is 9.59 Å². The van der Waals surface area contributed by atoms with Gasteiger partial charge in [0.05, 0.1) is 13.2 Å². The Hall–Kier alpha value is -1.34. The molecule has 7 nitrogen and oxygen atoms in total. The molecule has 1 saturated heterocycles. The highest BCUT2D eigenvalue weighted by Crippen LogP contribution is 2.04. The fourth-order valence-corrected chi connectivity index (χ4v) is 2.09. The fourth-order valence-electron chi connectivity index (χ4n) is 2.09. The molecule has 1 atom stereocenters. The molecule has 0 bridgehead atoms. The first-order chi connectivity index (χ1) is 9.58. The highest BCUT2D eigenvalue weighted by atomic mass is 16.5. The lowest BCUT2D eigenvalue weighted by atomic mass is 10.0. The number of nitrogens with zero attached hydrogens (tertiary/aromatic N) is 1. The number of urea groups is 1. The first-order valence-electron chi connectivity index (χ1n) is 7.18. The van der Waals surface area contributed by atoms with Crippen molar-refractivity contribution in [3.05, 3.63) is 0 Å². The zero-order valence-electron chi connectivity index (χ0n) is 12.2. The van der Waals surface area contributed by atoms with Crippen molar-refractivity contribution in [2.75, 3.05) is 45.9 Å². The summed E-state index contributed by atoms with van der Waals surface area (Å²) in [6, 6.07) is -0.162. The number of nitrogens with two attached hydrogens (primary N) is 1. The normalized spacial score (nSPS) is 17.4. The molecule has 0 spiro atoms. The van der Waals surface area contributed by atoms with Crippen molar-refractivity contribution >= 4 is 11.9 Å². The van der Waals surface area contributed by atoms with Gasteiger partial charge in [-0.2, -0.15) is 0 Å². The van der Waals surface area contributed by atoms with Crippen LogP contribution in [0.5, 0.6) is 0 Å². The van der Waals surface area contributed by atoms with Crippen LogP contribution in [-0.2, 0) is 9.53 Å². The third-order valence-corrected chi connectivity index (χ3v) is 3.29. The van der Waals surface area contributed by atoms with E-state index in [1.807, 2.05) is 6.92 Å². The summed E-state index contributed by atoms with van der Waals surface area (Å²) in [5.74, 6) is -0.103. The predicted octanol–water partition coefficient (Wildman–Crippen LogP) is -0.481. The van der Waals surface area contributed by atoms with Gasteiger partial charge >= 0.3 is 6.03 Å². The molecule has 20 heavy (non-hydrogen) atoms. The number of hydrogen-bond acceptors (Lipinski definition) is 4. The largest absolute Gasteiger partial charge is 0.379 e. The molecule has 1 heterocycles. The smallest absolute Gasteiger partial charge is 0.314 e. The summed E-state index contributed by atoms with van der Waals surface area (Å²) >= 11 is 0. The van der Waals surface area contributed by atoms with Crippen molar-refractivity contribution in [3.63, 3.8) is 0 Å². The fraction of sp³-hybridized carbons (Fsp3) is 0.846. The lowest BCUT2D eigenvalue weighted by Gasteiger charge is -2.26. The summed E-state index contributed by atoms with van der Waals surface area (Å²) in [7, 11) is 0. The molecule has 0 aromatic heterocycles. The van der Waals surface area contributed by atoms with Crippen molar-refractivity contribution in [1.29, 1.82) is 0 Å². The van der Waals surface area contributed by atoms with Crippen LogP contribution in [0, 0.1) is 5.92 Å². The molecule has 1 aliphatic heterocycles. The Bertz CT molecular complexity index is 306. The van der Waals surface area contributed by atoms with Crippen LogP contribution in [0.4, 0.5) is 4.79 Å². The average Bonchev–Trinajstić information content (AvgIpc) is 2.39. The maximum Gasteiger partial charge on any atom is 0.314 e. The van der Waals surface area contributed by atoms with Crippen molar-refractivity contribution in [3.8, 4) is 0 Å². The third-order valence-electron chi connectivity index (χ3n) is 3.29. The molecule has 0 aromatic carbocycles. The van der Waals surface area contributed by atoms with E-state index in [1.54, 1.807) is 0 Å². The molecular weight excluding hydrogens is 260 g/mol. The summed E-state index contributed by atoms with van der Waals surface area (Å²) in [5.41, 5.74) is 5.11. The minimum atomic E-state index is -0.299. The number of nitrogens with one attached hydrogen (secondary N) is 2. The van der Waals surface area contributed by atoms with Crippen LogP contribution in [0.3, 0.4) is 0 Å². The predicted molar refractivity (Wildman–Crippen MR) is 76.3 cm³/mol. The van der Waals surface area contributed by atoms with Crippen molar-refractivity contribution in [1.82, 2.24) is 15.5 Å². The number of ether oxygens (including phenoxy) is 1. The Morgan fingerprint density at radius 1 is 1.25 bits per heavy atom. The van der Waals surface area contributed by atoms with Gasteiger partial charge in [0.1, 0.15) is 0 Å². The molecular formula is C13H26N4O3. The van der Waals surface area contributed by atoms with E-state index in [0.29, 0.717) is 19.5 Å². The zero-order chi connectivity index (χ0) is 14.8. The molecule has 1 aliphatic rings. The van der Waals surface area contributed by atoms with Gasteiger partial charge in [0.25, 0.3) is 0 Å². The van der Waals surface area contributed by atoms with E-state index in [-0.39, 0.29) is 17.9 Å². The van der Waals surface area contributed by atoms with Crippen LogP contribution in [-0.4, -0.2) is 62.8 Å². The SMILES string of the molecule is C[C@@H](CCNC(=O)NCCN1CCOCC1)CC(N)=O. The van der Waals surface area contributed by atoms with Gasteiger partial charge in [-0.25, -0.2) is 4.79 Å². The highest BCUT2D eigenvalue weighted by molar-refractivity contribution is 5.74. The second-order valence-electron chi connectivity index (χ2n) is 5.20. The Morgan fingerprint density at radius 2 is 1.90 bits per heavy atom. The Kier molecular flexibility index (Phi) is 7.98. The molecule has 0 radical (unpaired) electrons. The number of carbonyl (C=O) groups is 2. The number of carbonyl (C=O) groups excluding carboxylic acids is 2. The van der Waals surface area contributed by atoms with E-state index >= 15 is 0 Å². The van der Waals surface area contributed by atoms with Gasteiger partial charge < -0.3 is 21.1 Å². The second-order valence-corrected chi connectivity index (χ2v) is 5.20. The molecule has 0 saturated carbocycles. The molecule has 0 unspecified atom stereocenters. The number of morpholine rings is 1. The van der Waals surface area contributed by atoms with E-state index < -0.39 is 0 Å². The number of amides is 3. The Balaban J connectivity index is 1.98. The molecule has 1 fully saturated rings. The van der Waals surface area contributed by atoms with Crippen LogP contribution in [0.25, 0.3) is 0 Å². The van der Waals surface area contributed by atoms with Gasteiger partial charge in [-0.15, -0.1) is 0 Å². The van der Waals surface area contributed by atoms with Crippen LogP contribution in [0.15, 0.2) is 0 Å². The minimum absolute atomic E-state index is 0.162. The van der Waals surface area contributed by atoms with Gasteiger partial charge in [0.15, 0.2) is 0 Å². The minimum Gasteiger partial charge on any atom is -0.379 e. The van der Waals surface area contributed by atoms with Crippen LogP contribution >= 0.6 is 0 Å². The molecule has 1 rings (SSSR count). The Labute approximate surface area is 120 Å². The molecule has 4 N–H and O–H groups in total. The van der Waals surface area contributed by atoms with Crippen LogP contribution in [0.2, 0.25) is 0 Å². The quantitative estimate of drug-likeness (QED) is 0.561. The molecule has 7 heteroatoms. The maximum atomic E-state index is 11.5. The van der Waals surface area contributed by atoms with Crippen molar-refractivity contribution < 1.29 is 14.3 Å². The lowest BCUT2D eigenvalue weighted by molar-refractivity contribution is -0.118. The summed E-state index contributed by atoms with van der Waals surface area (Å²) < 4.78 is 5.26. The van der Waals surface area contributed by atoms with E-state index in [4.69, 9.17) is 10.5 Å². The van der Waals surface area contributed by atoms with Gasteiger partial charge in [0, 0.05) is 39.1 Å². The highest BCUT2D eigenvalue weighted by Gasteiger charge is 2.10.